The number of hydrogen-bond acceptors (Lipinski definition) is 4. The van der Waals surface area contributed by atoms with Gasteiger partial charge in [0.1, 0.15) is 5.76 Å². The summed E-state index contributed by atoms with van der Waals surface area (Å²) in [7, 11) is -3.02. The first kappa shape index (κ1) is 15.3. The summed E-state index contributed by atoms with van der Waals surface area (Å²) in [5, 5.41) is 3.42. The van der Waals surface area contributed by atoms with Crippen LogP contribution in [-0.4, -0.2) is 37.6 Å². The minimum absolute atomic E-state index is 0.190. The van der Waals surface area contributed by atoms with Crippen LogP contribution in [0, 0.1) is 3.77 Å². The quantitative estimate of drug-likeness (QED) is 0.769. The second-order valence-corrected chi connectivity index (χ2v) is 7.98. The highest BCUT2D eigenvalue weighted by atomic mass is 127. The molecule has 2 heterocycles. The Morgan fingerprint density at radius 2 is 2.11 bits per heavy atom. The zero-order valence-corrected chi connectivity index (χ0v) is 13.9. The summed E-state index contributed by atoms with van der Waals surface area (Å²) in [6.07, 6.45) is 1.72. The first-order chi connectivity index (χ1) is 9.01. The van der Waals surface area contributed by atoms with Crippen LogP contribution in [0.5, 0.6) is 0 Å². The third-order valence-electron chi connectivity index (χ3n) is 3.41. The maximum atomic E-state index is 11.7. The number of nitrogens with one attached hydrogen (secondary N) is 1. The zero-order valence-electron chi connectivity index (χ0n) is 10.9. The summed E-state index contributed by atoms with van der Waals surface area (Å²) < 4.78 is 31.4. The van der Waals surface area contributed by atoms with Crippen molar-refractivity contribution in [1.29, 1.82) is 0 Å². The molecule has 1 aromatic heterocycles. The Kier molecular flexibility index (Phi) is 5.27. The molecule has 0 bridgehead atoms. The molecule has 1 saturated heterocycles. The van der Waals surface area contributed by atoms with E-state index >= 15 is 0 Å². The summed E-state index contributed by atoms with van der Waals surface area (Å²) in [4.78, 5) is 0. The number of hydrogen-bond donors (Lipinski definition) is 1. The van der Waals surface area contributed by atoms with Gasteiger partial charge in [-0.1, -0.05) is 0 Å². The molecule has 5 nitrogen and oxygen atoms in total. The molecule has 1 aliphatic rings. The van der Waals surface area contributed by atoms with Gasteiger partial charge in [0.15, 0.2) is 3.77 Å². The third-order valence-corrected chi connectivity index (χ3v) is 5.87. The highest BCUT2D eigenvalue weighted by Crippen LogP contribution is 2.16. The predicted octanol–water partition coefficient (Wildman–Crippen LogP) is 1.79. The van der Waals surface area contributed by atoms with Crippen LogP contribution < -0.4 is 5.32 Å². The fourth-order valence-electron chi connectivity index (χ4n) is 2.21. The predicted molar refractivity (Wildman–Crippen MR) is 82.3 cm³/mol. The molecule has 1 aromatic rings. The van der Waals surface area contributed by atoms with Crippen molar-refractivity contribution in [2.45, 2.75) is 32.4 Å². The van der Waals surface area contributed by atoms with Crippen molar-refractivity contribution in [2.75, 3.05) is 18.8 Å². The first-order valence-electron chi connectivity index (χ1n) is 6.46. The van der Waals surface area contributed by atoms with Crippen molar-refractivity contribution >= 4 is 32.6 Å². The van der Waals surface area contributed by atoms with Crippen molar-refractivity contribution < 1.29 is 12.8 Å². The van der Waals surface area contributed by atoms with Crippen molar-refractivity contribution in [3.05, 3.63) is 21.7 Å². The molecule has 1 N–H and O–H groups in total. The van der Waals surface area contributed by atoms with Crippen LogP contribution in [0.2, 0.25) is 0 Å². The fourth-order valence-corrected chi connectivity index (χ4v) is 3.81. The number of sulfonamides is 1. The van der Waals surface area contributed by atoms with Gasteiger partial charge < -0.3 is 9.73 Å². The summed E-state index contributed by atoms with van der Waals surface area (Å²) in [6.45, 7) is 3.62. The molecule has 0 saturated carbocycles. The van der Waals surface area contributed by atoms with Crippen LogP contribution in [0.15, 0.2) is 16.5 Å². The molecule has 0 aromatic carbocycles. The molecule has 0 aliphatic carbocycles. The molecule has 0 atom stereocenters. The Bertz CT molecular complexity index is 507. The van der Waals surface area contributed by atoms with Gasteiger partial charge in [-0.25, -0.2) is 12.7 Å². The Labute approximate surface area is 127 Å². The van der Waals surface area contributed by atoms with E-state index in [1.807, 2.05) is 12.1 Å². The van der Waals surface area contributed by atoms with Crippen molar-refractivity contribution in [3.8, 4) is 0 Å². The molecular formula is C12H19IN2O3S. The van der Waals surface area contributed by atoms with Crippen LogP contribution in [0.3, 0.4) is 0 Å². The molecule has 1 aliphatic heterocycles. The molecule has 7 heteroatoms. The lowest BCUT2D eigenvalue weighted by Gasteiger charge is -2.31. The average Bonchev–Trinajstić information content (AvgIpc) is 2.83. The van der Waals surface area contributed by atoms with Crippen LogP contribution in [0.1, 0.15) is 25.5 Å². The summed E-state index contributed by atoms with van der Waals surface area (Å²) in [6, 6.07) is 4.27. The van der Waals surface area contributed by atoms with E-state index in [-0.39, 0.29) is 5.75 Å². The van der Waals surface area contributed by atoms with E-state index in [1.165, 1.54) is 0 Å². The molecule has 108 valence electrons. The normalized spacial score (nSPS) is 18.8. The van der Waals surface area contributed by atoms with Gasteiger partial charge in [0.2, 0.25) is 10.0 Å². The van der Waals surface area contributed by atoms with E-state index in [1.54, 1.807) is 11.2 Å². The standard InChI is InChI=1S/C12H19IN2O3S/c1-2-19(16,17)15-7-5-10(6-8-15)14-9-11-3-4-12(13)18-11/h3-4,10,14H,2,5-9H2,1H3. The van der Waals surface area contributed by atoms with Gasteiger partial charge in [-0.3, -0.25) is 0 Å². The minimum Gasteiger partial charge on any atom is -0.454 e. The van der Waals surface area contributed by atoms with Gasteiger partial charge in [-0.2, -0.15) is 0 Å². The van der Waals surface area contributed by atoms with Crippen LogP contribution >= 0.6 is 22.6 Å². The van der Waals surface area contributed by atoms with Crippen LogP contribution in [0.25, 0.3) is 0 Å². The zero-order chi connectivity index (χ0) is 13.9. The van der Waals surface area contributed by atoms with E-state index in [0.717, 1.165) is 22.4 Å². The maximum Gasteiger partial charge on any atom is 0.213 e. The van der Waals surface area contributed by atoms with E-state index < -0.39 is 10.0 Å². The van der Waals surface area contributed by atoms with Gasteiger partial charge in [0, 0.05) is 19.1 Å². The highest BCUT2D eigenvalue weighted by molar-refractivity contribution is 14.1. The molecule has 0 unspecified atom stereocenters. The Hall–Kier alpha value is -0.120. The first-order valence-corrected chi connectivity index (χ1v) is 9.15. The van der Waals surface area contributed by atoms with Gasteiger partial charge in [-0.05, 0) is 54.5 Å². The highest BCUT2D eigenvalue weighted by Gasteiger charge is 2.26. The largest absolute Gasteiger partial charge is 0.454 e. The van der Waals surface area contributed by atoms with Crippen molar-refractivity contribution in [3.63, 3.8) is 0 Å². The van der Waals surface area contributed by atoms with E-state index in [0.29, 0.717) is 25.7 Å². The number of nitrogens with zero attached hydrogens (tertiary/aromatic N) is 1. The number of rotatable bonds is 5. The van der Waals surface area contributed by atoms with Gasteiger partial charge >= 0.3 is 0 Å². The Morgan fingerprint density at radius 3 is 2.63 bits per heavy atom. The number of furan rings is 1. The lowest BCUT2D eigenvalue weighted by molar-refractivity contribution is 0.283. The monoisotopic (exact) mass is 398 g/mol. The van der Waals surface area contributed by atoms with E-state index in [9.17, 15) is 8.42 Å². The summed E-state index contributed by atoms with van der Waals surface area (Å²) in [5.74, 6) is 1.11. The third kappa shape index (κ3) is 4.17. The smallest absolute Gasteiger partial charge is 0.213 e. The SMILES string of the molecule is CCS(=O)(=O)N1CCC(NCc2ccc(I)o2)CC1. The topological polar surface area (TPSA) is 62.6 Å². The minimum atomic E-state index is -3.02. The molecule has 19 heavy (non-hydrogen) atoms. The van der Waals surface area contributed by atoms with Crippen LogP contribution in [-0.2, 0) is 16.6 Å². The molecule has 0 amide bonds. The van der Waals surface area contributed by atoms with E-state index in [4.69, 9.17) is 4.42 Å². The second kappa shape index (κ2) is 6.55. The fraction of sp³-hybridized carbons (Fsp3) is 0.667. The van der Waals surface area contributed by atoms with E-state index in [2.05, 4.69) is 27.9 Å². The van der Waals surface area contributed by atoms with Gasteiger partial charge in [0.05, 0.1) is 12.3 Å². The van der Waals surface area contributed by atoms with Crippen molar-refractivity contribution in [1.82, 2.24) is 9.62 Å². The van der Waals surface area contributed by atoms with Gasteiger partial charge in [-0.15, -0.1) is 0 Å². The van der Waals surface area contributed by atoms with Crippen molar-refractivity contribution in [2.24, 2.45) is 0 Å². The summed E-state index contributed by atoms with van der Waals surface area (Å²) >= 11 is 2.14. The average molecular weight is 398 g/mol. The molecule has 1 fully saturated rings. The summed E-state index contributed by atoms with van der Waals surface area (Å²) in [5.41, 5.74) is 0. The molecule has 0 spiro atoms. The second-order valence-electron chi connectivity index (χ2n) is 4.66. The Balaban J connectivity index is 1.78. The number of piperidine rings is 1. The lowest BCUT2D eigenvalue weighted by Crippen LogP contribution is -2.45. The van der Waals surface area contributed by atoms with Gasteiger partial charge in [0.25, 0.3) is 0 Å². The Morgan fingerprint density at radius 1 is 1.42 bits per heavy atom. The maximum absolute atomic E-state index is 11.7. The molecular weight excluding hydrogens is 379 g/mol. The number of halogens is 1. The molecule has 2 rings (SSSR count). The lowest BCUT2D eigenvalue weighted by atomic mass is 10.1. The molecule has 0 radical (unpaired) electrons. The van der Waals surface area contributed by atoms with Crippen LogP contribution in [0.4, 0.5) is 0 Å².